The normalized spacial score (nSPS) is 22.5. The van der Waals surface area contributed by atoms with Crippen LogP contribution in [0.3, 0.4) is 0 Å². The largest absolute Gasteiger partial charge is 0.381 e. The summed E-state index contributed by atoms with van der Waals surface area (Å²) in [5.41, 5.74) is 3.34. The van der Waals surface area contributed by atoms with Crippen LogP contribution in [0.1, 0.15) is 31.4 Å². The van der Waals surface area contributed by atoms with E-state index in [1.54, 1.807) is 17.1 Å². The van der Waals surface area contributed by atoms with Crippen LogP contribution < -0.4 is 5.32 Å². The molecule has 1 aliphatic carbocycles. The number of halogens is 2. The Morgan fingerprint density at radius 3 is 2.71 bits per heavy atom. The minimum Gasteiger partial charge on any atom is -0.381 e. The van der Waals surface area contributed by atoms with Gasteiger partial charge in [0.2, 0.25) is 0 Å². The average molecular weight is 427 g/mol. The van der Waals surface area contributed by atoms with Crippen LogP contribution in [0.2, 0.25) is 0 Å². The number of benzene rings is 1. The first-order valence-electron chi connectivity index (χ1n) is 10.9. The van der Waals surface area contributed by atoms with E-state index in [9.17, 15) is 8.78 Å². The molecule has 2 aromatic heterocycles. The van der Waals surface area contributed by atoms with Crippen LogP contribution in [0.25, 0.3) is 27.7 Å². The highest BCUT2D eigenvalue weighted by Crippen LogP contribution is 2.31. The van der Waals surface area contributed by atoms with Gasteiger partial charge in [0.25, 0.3) is 0 Å². The lowest BCUT2D eigenvalue weighted by atomic mass is 9.85. The number of nitrogens with one attached hydrogen (secondary N) is 2. The first-order valence-corrected chi connectivity index (χ1v) is 10.9. The van der Waals surface area contributed by atoms with Crippen LogP contribution >= 0.6 is 0 Å². The number of aryl methyl sites for hydroxylation is 1. The van der Waals surface area contributed by atoms with Gasteiger partial charge in [-0.25, -0.2) is 8.78 Å². The fourth-order valence-corrected chi connectivity index (χ4v) is 4.87. The van der Waals surface area contributed by atoms with Gasteiger partial charge in [-0.05, 0) is 37.7 Å². The predicted molar refractivity (Wildman–Crippen MR) is 118 cm³/mol. The highest BCUT2D eigenvalue weighted by molar-refractivity contribution is 5.92. The lowest BCUT2D eigenvalue weighted by Crippen LogP contribution is -2.50. The van der Waals surface area contributed by atoms with Gasteiger partial charge in [-0.2, -0.15) is 10.2 Å². The number of likely N-dealkylation sites (tertiary alicyclic amines) is 1. The third kappa shape index (κ3) is 4.08. The Labute approximate surface area is 180 Å². The van der Waals surface area contributed by atoms with Gasteiger partial charge in [0.15, 0.2) is 0 Å². The highest BCUT2D eigenvalue weighted by Gasteiger charge is 2.30. The number of hydrogen-bond acceptors (Lipinski definition) is 4. The van der Waals surface area contributed by atoms with Gasteiger partial charge in [0.05, 0.1) is 17.4 Å². The van der Waals surface area contributed by atoms with E-state index in [4.69, 9.17) is 0 Å². The molecule has 5 rings (SSSR count). The Kier molecular flexibility index (Phi) is 5.25. The molecule has 0 unspecified atom stereocenters. The summed E-state index contributed by atoms with van der Waals surface area (Å²) in [6.07, 6.45) is 7.22. The molecule has 31 heavy (non-hydrogen) atoms. The third-order valence-electron chi connectivity index (χ3n) is 6.61. The first-order chi connectivity index (χ1) is 15.0. The molecule has 1 aromatic carbocycles. The summed E-state index contributed by atoms with van der Waals surface area (Å²) >= 11 is 0. The molecule has 8 heteroatoms. The van der Waals surface area contributed by atoms with Crippen molar-refractivity contribution in [1.82, 2.24) is 30.2 Å². The first kappa shape index (κ1) is 20.2. The van der Waals surface area contributed by atoms with Gasteiger partial charge in [0, 0.05) is 61.5 Å². The Morgan fingerprint density at radius 2 is 2.03 bits per heavy atom. The molecule has 2 aliphatic rings. The quantitative estimate of drug-likeness (QED) is 0.628. The zero-order chi connectivity index (χ0) is 21.5. The molecule has 3 aromatic rings. The topological polar surface area (TPSA) is 61.8 Å². The number of H-pyrrole nitrogens is 1. The van der Waals surface area contributed by atoms with Crippen molar-refractivity contribution in [3.63, 3.8) is 0 Å². The summed E-state index contributed by atoms with van der Waals surface area (Å²) in [5.74, 6) is 0.337. The number of alkyl halides is 1. The second-order valence-electron chi connectivity index (χ2n) is 9.01. The van der Waals surface area contributed by atoms with E-state index in [-0.39, 0.29) is 5.82 Å². The Morgan fingerprint density at radius 1 is 1.26 bits per heavy atom. The van der Waals surface area contributed by atoms with Crippen molar-refractivity contribution in [2.45, 2.75) is 37.9 Å². The molecule has 0 spiro atoms. The molecule has 6 nitrogen and oxygen atoms in total. The van der Waals surface area contributed by atoms with Crippen molar-refractivity contribution in [2.24, 2.45) is 13.0 Å². The lowest BCUT2D eigenvalue weighted by molar-refractivity contribution is 0.0447. The third-order valence-corrected chi connectivity index (χ3v) is 6.61. The molecular weight excluding hydrogens is 398 g/mol. The van der Waals surface area contributed by atoms with Crippen molar-refractivity contribution < 1.29 is 8.78 Å². The van der Waals surface area contributed by atoms with E-state index < -0.39 is 6.17 Å². The van der Waals surface area contributed by atoms with E-state index in [1.807, 2.05) is 13.1 Å². The number of aromatic amines is 1. The monoisotopic (exact) mass is 426 g/mol. The maximum Gasteiger partial charge on any atom is 0.133 e. The fraction of sp³-hybridized carbons (Fsp3) is 0.478. The summed E-state index contributed by atoms with van der Waals surface area (Å²) in [4.78, 5) is 2.22. The summed E-state index contributed by atoms with van der Waals surface area (Å²) in [6, 6.07) is 3.64. The molecule has 0 amide bonds. The van der Waals surface area contributed by atoms with Crippen LogP contribution in [-0.2, 0) is 7.05 Å². The van der Waals surface area contributed by atoms with Crippen molar-refractivity contribution >= 4 is 16.6 Å². The lowest BCUT2D eigenvalue weighted by Gasteiger charge is -2.39. The van der Waals surface area contributed by atoms with Crippen molar-refractivity contribution in [3.8, 4) is 11.1 Å². The van der Waals surface area contributed by atoms with E-state index in [1.165, 1.54) is 6.07 Å². The minimum absolute atomic E-state index is 0.311. The van der Waals surface area contributed by atoms with Gasteiger partial charge in [0.1, 0.15) is 17.7 Å². The van der Waals surface area contributed by atoms with Crippen molar-refractivity contribution in [1.29, 1.82) is 0 Å². The number of fused-ring (bicyclic) bond motifs is 1. The van der Waals surface area contributed by atoms with E-state index in [0.29, 0.717) is 36.1 Å². The molecule has 3 heterocycles. The average Bonchev–Trinajstić information content (AvgIpc) is 3.33. The molecular formula is C23H28F2N6. The fourth-order valence-electron chi connectivity index (χ4n) is 4.87. The van der Waals surface area contributed by atoms with Gasteiger partial charge in [-0.15, -0.1) is 0 Å². The van der Waals surface area contributed by atoms with Gasteiger partial charge < -0.3 is 5.32 Å². The number of rotatable bonds is 6. The van der Waals surface area contributed by atoms with E-state index in [2.05, 4.69) is 32.1 Å². The van der Waals surface area contributed by atoms with Crippen molar-refractivity contribution in [3.05, 3.63) is 42.6 Å². The second-order valence-corrected chi connectivity index (χ2v) is 9.01. The predicted octanol–water partition coefficient (Wildman–Crippen LogP) is 3.88. The molecule has 1 aliphatic heterocycles. The summed E-state index contributed by atoms with van der Waals surface area (Å²) < 4.78 is 29.3. The smallest absolute Gasteiger partial charge is 0.133 e. The molecule has 0 atom stereocenters. The van der Waals surface area contributed by atoms with Crippen molar-refractivity contribution in [2.75, 3.05) is 19.6 Å². The Balaban J connectivity index is 1.26. The molecule has 0 bridgehead atoms. The molecule has 1 saturated carbocycles. The van der Waals surface area contributed by atoms with Crippen LogP contribution in [-0.4, -0.2) is 56.7 Å². The second kappa shape index (κ2) is 8.07. The number of nitrogens with zero attached hydrogens (tertiary/aromatic N) is 4. The molecule has 2 fully saturated rings. The van der Waals surface area contributed by atoms with Gasteiger partial charge in [-0.1, -0.05) is 6.58 Å². The minimum atomic E-state index is -0.628. The highest BCUT2D eigenvalue weighted by atomic mass is 19.1. The Bertz CT molecular complexity index is 1090. The van der Waals surface area contributed by atoms with E-state index in [0.717, 1.165) is 54.6 Å². The van der Waals surface area contributed by atoms with Crippen LogP contribution in [0, 0.1) is 11.7 Å². The SMILES string of the molecule is C=C(NC1CCC(CN2CC(F)C2)CC1)c1n[nH]c2cc(F)c(-c3cnn(C)c3)cc12. The molecule has 164 valence electrons. The maximum atomic E-state index is 14.6. The number of hydrogen-bond donors (Lipinski definition) is 2. The zero-order valence-electron chi connectivity index (χ0n) is 17.7. The maximum absolute atomic E-state index is 14.6. The molecule has 0 radical (unpaired) electrons. The zero-order valence-corrected chi connectivity index (χ0v) is 17.7. The van der Waals surface area contributed by atoms with Gasteiger partial charge in [-0.3, -0.25) is 14.7 Å². The molecule has 2 N–H and O–H groups in total. The Hall–Kier alpha value is -2.74. The summed E-state index contributed by atoms with van der Waals surface area (Å²) in [5, 5.41) is 15.9. The van der Waals surface area contributed by atoms with Gasteiger partial charge >= 0.3 is 0 Å². The van der Waals surface area contributed by atoms with Crippen LogP contribution in [0.15, 0.2) is 31.1 Å². The standard InChI is InChI=1S/C23H28F2N6/c1-14(27-18-5-3-15(4-6-18)10-31-12-17(24)13-31)23-20-7-19(16-9-26-30(2)11-16)21(25)8-22(20)28-29-23/h7-9,11,15,17-18,27H,1,3-6,10,12-13H2,2H3,(H,28,29). The van der Waals surface area contributed by atoms with Crippen LogP contribution in [0.5, 0.6) is 0 Å². The summed E-state index contributed by atoms with van der Waals surface area (Å²) in [7, 11) is 1.81. The van der Waals surface area contributed by atoms with E-state index >= 15 is 0 Å². The van der Waals surface area contributed by atoms with Crippen LogP contribution in [0.4, 0.5) is 8.78 Å². The summed E-state index contributed by atoms with van der Waals surface area (Å²) in [6.45, 7) is 6.43. The number of aromatic nitrogens is 4. The molecule has 1 saturated heterocycles.